The predicted molar refractivity (Wildman–Crippen MR) is 75.9 cm³/mol. The van der Waals surface area contributed by atoms with Gasteiger partial charge in [-0.05, 0) is 63.4 Å². The van der Waals surface area contributed by atoms with E-state index in [0.29, 0.717) is 12.5 Å². The monoisotopic (exact) mass is 261 g/mol. The van der Waals surface area contributed by atoms with Gasteiger partial charge in [0.25, 0.3) is 0 Å². The Hall–Kier alpha value is -1.42. The molecule has 1 aliphatic rings. The first-order valence-corrected chi connectivity index (χ1v) is 7.07. The summed E-state index contributed by atoms with van der Waals surface area (Å²) in [7, 11) is 0. The molecule has 0 aromatic carbocycles. The lowest BCUT2D eigenvalue weighted by Crippen LogP contribution is -2.43. The highest BCUT2D eigenvalue weighted by molar-refractivity contribution is 5.78. The van der Waals surface area contributed by atoms with Gasteiger partial charge in [-0.3, -0.25) is 14.7 Å². The van der Waals surface area contributed by atoms with Crippen LogP contribution in [0, 0.1) is 0 Å². The Morgan fingerprint density at radius 2 is 2.00 bits per heavy atom. The fourth-order valence-electron chi connectivity index (χ4n) is 2.63. The quantitative estimate of drug-likeness (QED) is 0.898. The Morgan fingerprint density at radius 3 is 2.58 bits per heavy atom. The zero-order chi connectivity index (χ0) is 13.7. The Bertz CT molecular complexity index is 397. The highest BCUT2D eigenvalue weighted by Crippen LogP contribution is 2.27. The van der Waals surface area contributed by atoms with Gasteiger partial charge in [-0.1, -0.05) is 0 Å². The molecule has 104 valence electrons. The maximum atomic E-state index is 11.7. The van der Waals surface area contributed by atoms with Crippen LogP contribution in [0.2, 0.25) is 0 Å². The predicted octanol–water partition coefficient (Wildman–Crippen LogP) is 1.79. The van der Waals surface area contributed by atoms with Crippen LogP contribution >= 0.6 is 0 Å². The Kier molecular flexibility index (Phi) is 4.91. The average molecular weight is 261 g/mol. The standard InChI is InChI=1S/C15H23N3O/c1-12(2)17-15(19)11-18-9-5-14(6-10-18)13-3-7-16-8-4-13/h3-4,7-8,12,14H,5-6,9-11H2,1-2H3,(H,17,19). The Morgan fingerprint density at radius 1 is 1.37 bits per heavy atom. The maximum absolute atomic E-state index is 11.7. The second-order valence-electron chi connectivity index (χ2n) is 5.55. The van der Waals surface area contributed by atoms with E-state index in [4.69, 9.17) is 0 Å². The molecular formula is C15H23N3O. The summed E-state index contributed by atoms with van der Waals surface area (Å²) in [5, 5.41) is 2.94. The molecule has 0 aliphatic carbocycles. The van der Waals surface area contributed by atoms with Gasteiger partial charge in [-0.15, -0.1) is 0 Å². The van der Waals surface area contributed by atoms with Crippen molar-refractivity contribution in [1.29, 1.82) is 0 Å². The highest BCUT2D eigenvalue weighted by atomic mass is 16.2. The number of nitrogens with one attached hydrogen (secondary N) is 1. The van der Waals surface area contributed by atoms with E-state index in [0.717, 1.165) is 25.9 Å². The van der Waals surface area contributed by atoms with Crippen molar-refractivity contribution >= 4 is 5.91 Å². The van der Waals surface area contributed by atoms with E-state index in [1.807, 2.05) is 26.2 Å². The summed E-state index contributed by atoms with van der Waals surface area (Å²) in [5.41, 5.74) is 1.38. The van der Waals surface area contributed by atoms with Crippen LogP contribution in [-0.4, -0.2) is 41.5 Å². The van der Waals surface area contributed by atoms with Gasteiger partial charge in [0.15, 0.2) is 0 Å². The van der Waals surface area contributed by atoms with E-state index in [9.17, 15) is 4.79 Å². The van der Waals surface area contributed by atoms with Crippen LogP contribution in [0.4, 0.5) is 0 Å². The summed E-state index contributed by atoms with van der Waals surface area (Å²) in [6.07, 6.45) is 5.97. The summed E-state index contributed by atoms with van der Waals surface area (Å²) < 4.78 is 0. The first-order chi connectivity index (χ1) is 9.15. The Labute approximate surface area is 115 Å². The molecule has 1 amide bonds. The summed E-state index contributed by atoms with van der Waals surface area (Å²) in [4.78, 5) is 18.0. The van der Waals surface area contributed by atoms with Crippen molar-refractivity contribution in [2.24, 2.45) is 0 Å². The van der Waals surface area contributed by atoms with E-state index in [-0.39, 0.29) is 11.9 Å². The maximum Gasteiger partial charge on any atom is 0.234 e. The van der Waals surface area contributed by atoms with Crippen molar-refractivity contribution in [2.75, 3.05) is 19.6 Å². The number of likely N-dealkylation sites (tertiary alicyclic amines) is 1. The molecule has 2 rings (SSSR count). The molecule has 4 nitrogen and oxygen atoms in total. The molecule has 1 aliphatic heterocycles. The summed E-state index contributed by atoms with van der Waals surface area (Å²) in [5.74, 6) is 0.754. The SMILES string of the molecule is CC(C)NC(=O)CN1CCC(c2ccncc2)CC1. The first-order valence-electron chi connectivity index (χ1n) is 7.07. The lowest BCUT2D eigenvalue weighted by molar-refractivity contribution is -0.123. The molecule has 1 saturated heterocycles. The van der Waals surface area contributed by atoms with Crippen LogP contribution in [0.1, 0.15) is 38.2 Å². The first kappa shape index (κ1) is 14.0. The number of hydrogen-bond acceptors (Lipinski definition) is 3. The van der Waals surface area contributed by atoms with Gasteiger partial charge in [0.2, 0.25) is 5.91 Å². The van der Waals surface area contributed by atoms with Crippen molar-refractivity contribution in [3.05, 3.63) is 30.1 Å². The van der Waals surface area contributed by atoms with Crippen molar-refractivity contribution in [1.82, 2.24) is 15.2 Å². The van der Waals surface area contributed by atoms with E-state index in [1.165, 1.54) is 5.56 Å². The van der Waals surface area contributed by atoms with Crippen LogP contribution in [0.3, 0.4) is 0 Å². The number of pyridine rings is 1. The zero-order valence-corrected chi connectivity index (χ0v) is 11.8. The van der Waals surface area contributed by atoms with E-state index in [1.54, 1.807) is 0 Å². The average Bonchev–Trinajstić information content (AvgIpc) is 2.39. The van der Waals surface area contributed by atoms with Crippen LogP contribution in [0.25, 0.3) is 0 Å². The zero-order valence-electron chi connectivity index (χ0n) is 11.8. The molecule has 1 aromatic heterocycles. The van der Waals surface area contributed by atoms with Gasteiger partial charge < -0.3 is 5.32 Å². The fraction of sp³-hybridized carbons (Fsp3) is 0.600. The lowest BCUT2D eigenvalue weighted by Gasteiger charge is -2.31. The minimum absolute atomic E-state index is 0.136. The third-order valence-corrected chi connectivity index (χ3v) is 3.58. The van der Waals surface area contributed by atoms with Crippen molar-refractivity contribution in [3.63, 3.8) is 0 Å². The number of carbonyl (C=O) groups is 1. The molecule has 2 heterocycles. The third kappa shape index (κ3) is 4.31. The topological polar surface area (TPSA) is 45.2 Å². The highest BCUT2D eigenvalue weighted by Gasteiger charge is 2.21. The molecule has 1 N–H and O–H groups in total. The molecule has 0 atom stereocenters. The molecule has 1 fully saturated rings. The van der Waals surface area contributed by atoms with Crippen molar-refractivity contribution in [2.45, 2.75) is 38.6 Å². The summed E-state index contributed by atoms with van der Waals surface area (Å²) in [6.45, 7) is 6.51. The summed E-state index contributed by atoms with van der Waals surface area (Å²) >= 11 is 0. The third-order valence-electron chi connectivity index (χ3n) is 3.58. The Balaban J connectivity index is 1.78. The number of amides is 1. The lowest BCUT2D eigenvalue weighted by atomic mass is 9.90. The second kappa shape index (κ2) is 6.66. The number of rotatable bonds is 4. The molecule has 0 saturated carbocycles. The van der Waals surface area contributed by atoms with E-state index < -0.39 is 0 Å². The largest absolute Gasteiger partial charge is 0.353 e. The van der Waals surface area contributed by atoms with Gasteiger partial charge in [0.1, 0.15) is 0 Å². The van der Waals surface area contributed by atoms with Gasteiger partial charge in [0, 0.05) is 18.4 Å². The number of piperidine rings is 1. The van der Waals surface area contributed by atoms with Crippen LogP contribution < -0.4 is 5.32 Å². The molecule has 4 heteroatoms. The van der Waals surface area contributed by atoms with Crippen LogP contribution in [0.5, 0.6) is 0 Å². The number of nitrogens with zero attached hydrogens (tertiary/aromatic N) is 2. The van der Waals surface area contributed by atoms with Crippen molar-refractivity contribution in [3.8, 4) is 0 Å². The van der Waals surface area contributed by atoms with E-state index >= 15 is 0 Å². The number of hydrogen-bond donors (Lipinski definition) is 1. The minimum Gasteiger partial charge on any atom is -0.353 e. The van der Waals surface area contributed by atoms with Crippen LogP contribution in [-0.2, 0) is 4.79 Å². The molecule has 1 aromatic rings. The molecular weight excluding hydrogens is 238 g/mol. The van der Waals surface area contributed by atoms with Crippen molar-refractivity contribution < 1.29 is 4.79 Å². The minimum atomic E-state index is 0.136. The van der Waals surface area contributed by atoms with Crippen LogP contribution in [0.15, 0.2) is 24.5 Å². The fourth-order valence-corrected chi connectivity index (χ4v) is 2.63. The van der Waals surface area contributed by atoms with E-state index in [2.05, 4.69) is 27.3 Å². The van der Waals surface area contributed by atoms with Gasteiger partial charge >= 0.3 is 0 Å². The molecule has 0 unspecified atom stereocenters. The van der Waals surface area contributed by atoms with Gasteiger partial charge in [-0.2, -0.15) is 0 Å². The molecule has 19 heavy (non-hydrogen) atoms. The molecule has 0 radical (unpaired) electrons. The molecule has 0 bridgehead atoms. The number of aromatic nitrogens is 1. The normalized spacial score (nSPS) is 17.6. The second-order valence-corrected chi connectivity index (χ2v) is 5.55. The summed E-state index contributed by atoms with van der Waals surface area (Å²) in [6, 6.07) is 4.43. The molecule has 0 spiro atoms. The number of carbonyl (C=O) groups excluding carboxylic acids is 1. The smallest absolute Gasteiger partial charge is 0.234 e. The van der Waals surface area contributed by atoms with Gasteiger partial charge in [-0.25, -0.2) is 0 Å². The van der Waals surface area contributed by atoms with Gasteiger partial charge in [0.05, 0.1) is 6.54 Å².